The molecule has 0 bridgehead atoms. The van der Waals surface area contributed by atoms with Gasteiger partial charge in [-0.05, 0) is 11.6 Å². The van der Waals surface area contributed by atoms with Gasteiger partial charge in [-0.2, -0.15) is 13.2 Å². The number of carboxylic acid groups (broad SMARTS) is 1. The lowest BCUT2D eigenvalue weighted by Gasteiger charge is -2.25. The first-order valence-electron chi connectivity index (χ1n) is 5.13. The molecule has 1 N–H and O–H groups in total. The van der Waals surface area contributed by atoms with Crippen LogP contribution in [0.25, 0.3) is 0 Å². The van der Waals surface area contributed by atoms with Gasteiger partial charge in [-0.15, -0.1) is 0 Å². The minimum Gasteiger partial charge on any atom is -0.481 e. The van der Waals surface area contributed by atoms with E-state index < -0.39 is 35.4 Å². The summed E-state index contributed by atoms with van der Waals surface area (Å²) in [5.74, 6) is -2.60. The topological polar surface area (TPSA) is 37.3 Å². The zero-order valence-electron chi connectivity index (χ0n) is 9.81. The van der Waals surface area contributed by atoms with Gasteiger partial charge in [-0.1, -0.05) is 26.0 Å². The zero-order valence-corrected chi connectivity index (χ0v) is 9.81. The summed E-state index contributed by atoms with van der Waals surface area (Å²) in [4.78, 5) is 10.6. The molecule has 0 unspecified atom stereocenters. The maximum Gasteiger partial charge on any atom is 0.419 e. The van der Waals surface area contributed by atoms with E-state index in [0.29, 0.717) is 6.07 Å². The molecule has 0 aromatic heterocycles. The van der Waals surface area contributed by atoms with Crippen LogP contribution >= 0.6 is 0 Å². The highest BCUT2D eigenvalue weighted by Gasteiger charge is 2.37. The second-order valence-corrected chi connectivity index (χ2v) is 4.62. The molecule has 0 atom stereocenters. The van der Waals surface area contributed by atoms with Crippen molar-refractivity contribution < 1.29 is 27.5 Å². The van der Waals surface area contributed by atoms with Crippen molar-refractivity contribution in [3.05, 3.63) is 35.1 Å². The van der Waals surface area contributed by atoms with Gasteiger partial charge in [0, 0.05) is 5.41 Å². The lowest BCUT2D eigenvalue weighted by Crippen LogP contribution is -2.24. The average molecular weight is 264 g/mol. The second-order valence-electron chi connectivity index (χ2n) is 4.62. The molecule has 0 amide bonds. The van der Waals surface area contributed by atoms with Crippen LogP contribution in [0.2, 0.25) is 0 Å². The fourth-order valence-electron chi connectivity index (χ4n) is 1.75. The molecular weight excluding hydrogens is 252 g/mol. The number of hydrogen-bond acceptors (Lipinski definition) is 1. The fraction of sp³-hybridized carbons (Fsp3) is 0.417. The van der Waals surface area contributed by atoms with Crippen LogP contribution in [0.5, 0.6) is 0 Å². The normalized spacial score (nSPS) is 12.6. The Bertz CT molecular complexity index is 464. The maximum atomic E-state index is 13.8. The molecule has 6 heteroatoms. The summed E-state index contributed by atoms with van der Waals surface area (Å²) >= 11 is 0. The summed E-state index contributed by atoms with van der Waals surface area (Å²) in [6.07, 6.45) is -5.25. The Labute approximate surface area is 101 Å². The molecule has 2 nitrogen and oxygen atoms in total. The molecule has 0 aliphatic heterocycles. The first-order valence-corrected chi connectivity index (χ1v) is 5.13. The molecule has 100 valence electrons. The summed E-state index contributed by atoms with van der Waals surface area (Å²) in [7, 11) is 0. The molecule has 0 heterocycles. The average Bonchev–Trinajstić information content (AvgIpc) is 2.13. The zero-order chi connectivity index (χ0) is 14.1. The Hall–Kier alpha value is -1.59. The minimum atomic E-state index is -4.79. The van der Waals surface area contributed by atoms with E-state index in [4.69, 9.17) is 5.11 Å². The van der Waals surface area contributed by atoms with Gasteiger partial charge >= 0.3 is 12.1 Å². The molecule has 1 aromatic rings. The largest absolute Gasteiger partial charge is 0.481 e. The van der Waals surface area contributed by atoms with Gasteiger partial charge in [0.15, 0.2) is 0 Å². The van der Waals surface area contributed by atoms with E-state index >= 15 is 0 Å². The van der Waals surface area contributed by atoms with Crippen molar-refractivity contribution in [3.63, 3.8) is 0 Å². The minimum absolute atomic E-state index is 0.250. The number of alkyl halides is 3. The number of carbonyl (C=O) groups is 1. The SMILES string of the molecule is CC(C)(CC(=O)O)c1cccc(C(F)(F)F)c1F. The van der Waals surface area contributed by atoms with E-state index in [1.807, 2.05) is 0 Å². The van der Waals surface area contributed by atoms with Crippen LogP contribution < -0.4 is 0 Å². The lowest BCUT2D eigenvalue weighted by atomic mass is 9.80. The molecule has 0 saturated heterocycles. The van der Waals surface area contributed by atoms with Crippen molar-refractivity contribution in [2.24, 2.45) is 0 Å². The standard InChI is InChI=1S/C12H12F4O2/c1-11(2,6-9(17)18)7-4-3-5-8(10(7)13)12(14,15)16/h3-5H,6H2,1-2H3,(H,17,18). The number of aliphatic carboxylic acids is 1. The molecule has 0 radical (unpaired) electrons. The Kier molecular flexibility index (Phi) is 3.69. The van der Waals surface area contributed by atoms with Crippen LogP contribution in [0.4, 0.5) is 17.6 Å². The Balaban J connectivity index is 3.31. The molecule has 0 aliphatic carbocycles. The van der Waals surface area contributed by atoms with Crippen molar-refractivity contribution in [3.8, 4) is 0 Å². The van der Waals surface area contributed by atoms with Gasteiger partial charge in [0.05, 0.1) is 12.0 Å². The highest BCUT2D eigenvalue weighted by molar-refractivity contribution is 5.69. The molecule has 1 aromatic carbocycles. The summed E-state index contributed by atoms with van der Waals surface area (Å²) in [6.45, 7) is 2.78. The number of hydrogen-bond donors (Lipinski definition) is 1. The fourth-order valence-corrected chi connectivity index (χ4v) is 1.75. The monoisotopic (exact) mass is 264 g/mol. The van der Waals surface area contributed by atoms with Crippen LogP contribution in [-0.4, -0.2) is 11.1 Å². The summed E-state index contributed by atoms with van der Waals surface area (Å²) < 4.78 is 51.4. The van der Waals surface area contributed by atoms with Gasteiger partial charge in [0.2, 0.25) is 0 Å². The molecule has 18 heavy (non-hydrogen) atoms. The quantitative estimate of drug-likeness (QED) is 0.847. The van der Waals surface area contributed by atoms with Crippen molar-refractivity contribution in [1.82, 2.24) is 0 Å². The van der Waals surface area contributed by atoms with Crippen molar-refractivity contribution in [2.45, 2.75) is 31.9 Å². The highest BCUT2D eigenvalue weighted by Crippen LogP contribution is 2.37. The first-order chi connectivity index (χ1) is 8.05. The summed E-state index contributed by atoms with van der Waals surface area (Å²) in [5.41, 5.74) is -2.84. The molecular formula is C12H12F4O2. The van der Waals surface area contributed by atoms with E-state index in [0.717, 1.165) is 6.07 Å². The predicted octanol–water partition coefficient (Wildman–Crippen LogP) is 3.60. The number of halogens is 4. The second kappa shape index (κ2) is 4.59. The van der Waals surface area contributed by atoms with E-state index in [9.17, 15) is 22.4 Å². The van der Waals surface area contributed by atoms with Crippen LogP contribution in [0.15, 0.2) is 18.2 Å². The van der Waals surface area contributed by atoms with Gasteiger partial charge in [-0.3, -0.25) is 4.79 Å². The Morgan fingerprint density at radius 1 is 1.22 bits per heavy atom. The Morgan fingerprint density at radius 3 is 2.17 bits per heavy atom. The molecule has 0 saturated carbocycles. The smallest absolute Gasteiger partial charge is 0.419 e. The third-order valence-electron chi connectivity index (χ3n) is 2.63. The van der Waals surface area contributed by atoms with Gasteiger partial charge in [0.1, 0.15) is 5.82 Å². The maximum absolute atomic E-state index is 13.8. The van der Waals surface area contributed by atoms with Crippen molar-refractivity contribution >= 4 is 5.97 Å². The van der Waals surface area contributed by atoms with Gasteiger partial charge in [-0.25, -0.2) is 4.39 Å². The lowest BCUT2D eigenvalue weighted by molar-refractivity contribution is -0.140. The first kappa shape index (κ1) is 14.5. The van der Waals surface area contributed by atoms with E-state index in [2.05, 4.69) is 0 Å². The summed E-state index contributed by atoms with van der Waals surface area (Å²) in [6, 6.07) is 2.88. The van der Waals surface area contributed by atoms with Gasteiger partial charge in [0.25, 0.3) is 0 Å². The van der Waals surface area contributed by atoms with Crippen molar-refractivity contribution in [1.29, 1.82) is 0 Å². The number of benzene rings is 1. The van der Waals surface area contributed by atoms with Crippen LogP contribution in [0, 0.1) is 5.82 Å². The third-order valence-corrected chi connectivity index (χ3v) is 2.63. The van der Waals surface area contributed by atoms with Crippen molar-refractivity contribution in [2.75, 3.05) is 0 Å². The van der Waals surface area contributed by atoms with Gasteiger partial charge < -0.3 is 5.11 Å². The van der Waals surface area contributed by atoms with Crippen LogP contribution in [0.1, 0.15) is 31.4 Å². The molecule has 0 aliphatic rings. The number of rotatable bonds is 3. The van der Waals surface area contributed by atoms with Crippen LogP contribution in [0.3, 0.4) is 0 Å². The third kappa shape index (κ3) is 3.00. The van der Waals surface area contributed by atoms with Crippen LogP contribution in [-0.2, 0) is 16.4 Å². The Morgan fingerprint density at radius 2 is 1.72 bits per heavy atom. The number of carboxylic acids is 1. The highest BCUT2D eigenvalue weighted by atomic mass is 19.4. The molecule has 0 fully saturated rings. The van der Waals surface area contributed by atoms with E-state index in [-0.39, 0.29) is 5.56 Å². The molecule has 1 rings (SSSR count). The van der Waals surface area contributed by atoms with E-state index in [1.54, 1.807) is 0 Å². The molecule has 0 spiro atoms. The predicted molar refractivity (Wildman–Crippen MR) is 56.7 cm³/mol. The summed E-state index contributed by atoms with van der Waals surface area (Å²) in [5, 5.41) is 8.69. The van der Waals surface area contributed by atoms with E-state index in [1.165, 1.54) is 19.9 Å².